The number of urea groups is 1. The van der Waals surface area contributed by atoms with Gasteiger partial charge in [0.15, 0.2) is 0 Å². The molecule has 0 spiro atoms. The van der Waals surface area contributed by atoms with E-state index in [1.807, 2.05) is 16.8 Å². The zero-order valence-corrected chi connectivity index (χ0v) is 14.9. The number of hydrogen-bond donors (Lipinski definition) is 2. The molecule has 2 saturated heterocycles. The Morgan fingerprint density at radius 1 is 0.958 bits per heavy atom. The first-order valence-corrected chi connectivity index (χ1v) is 9.66. The zero-order valence-electron chi connectivity index (χ0n) is 14.9. The van der Waals surface area contributed by atoms with Crippen molar-refractivity contribution in [3.63, 3.8) is 0 Å². The van der Waals surface area contributed by atoms with Gasteiger partial charge in [0.2, 0.25) is 5.91 Å². The maximum Gasteiger partial charge on any atom is 0.317 e. The Kier molecular flexibility index (Phi) is 5.98. The summed E-state index contributed by atoms with van der Waals surface area (Å²) < 4.78 is 0. The third kappa shape index (κ3) is 4.21. The number of hydrogen-bond acceptors (Lipinski definition) is 3. The number of piperidine rings is 1. The molecule has 0 aromatic carbocycles. The average molecular weight is 336 g/mol. The maximum atomic E-state index is 12.8. The maximum absolute atomic E-state index is 12.8. The van der Waals surface area contributed by atoms with Gasteiger partial charge in [0.05, 0.1) is 5.92 Å². The van der Waals surface area contributed by atoms with Gasteiger partial charge in [-0.05, 0) is 51.6 Å². The number of carbonyl (C=O) groups excluding carboxylic acids is 2. The molecule has 3 rings (SSSR count). The molecule has 6 heteroatoms. The molecule has 24 heavy (non-hydrogen) atoms. The average Bonchev–Trinajstić information content (AvgIpc) is 3.26. The summed E-state index contributed by atoms with van der Waals surface area (Å²) >= 11 is 0. The molecule has 0 bridgehead atoms. The molecular formula is C18H32N4O2. The van der Waals surface area contributed by atoms with Crippen molar-refractivity contribution < 1.29 is 9.59 Å². The Morgan fingerprint density at radius 2 is 1.75 bits per heavy atom. The quantitative estimate of drug-likeness (QED) is 0.816. The third-order valence-electron chi connectivity index (χ3n) is 5.83. The van der Waals surface area contributed by atoms with Crippen LogP contribution in [0.2, 0.25) is 0 Å². The highest BCUT2D eigenvalue weighted by atomic mass is 16.2. The van der Waals surface area contributed by atoms with Crippen LogP contribution in [0.3, 0.4) is 0 Å². The van der Waals surface area contributed by atoms with Crippen LogP contribution in [0.25, 0.3) is 0 Å². The third-order valence-corrected chi connectivity index (χ3v) is 5.83. The molecule has 3 aliphatic rings. The Bertz CT molecular complexity index is 450. The van der Waals surface area contributed by atoms with Crippen molar-refractivity contribution in [2.75, 3.05) is 39.8 Å². The largest absolute Gasteiger partial charge is 0.342 e. The number of carbonyl (C=O) groups is 2. The minimum atomic E-state index is -0.0126. The molecule has 2 N–H and O–H groups in total. The van der Waals surface area contributed by atoms with Gasteiger partial charge in [-0.1, -0.05) is 12.8 Å². The van der Waals surface area contributed by atoms with Crippen LogP contribution >= 0.6 is 0 Å². The molecule has 1 saturated carbocycles. The van der Waals surface area contributed by atoms with Crippen LogP contribution in [0, 0.1) is 11.8 Å². The highest BCUT2D eigenvalue weighted by Crippen LogP contribution is 2.24. The lowest BCUT2D eigenvalue weighted by atomic mass is 9.96. The molecule has 0 radical (unpaired) electrons. The van der Waals surface area contributed by atoms with Crippen molar-refractivity contribution in [2.24, 2.45) is 11.8 Å². The van der Waals surface area contributed by atoms with Gasteiger partial charge >= 0.3 is 6.03 Å². The standard InChI is InChI=1S/C18H32N4O2/c1-19-11-14-8-10-21(12-14)17(23)15-5-4-9-22(13-15)18(24)20-16-6-2-3-7-16/h14-16,19H,2-13H2,1H3,(H,20,24). The highest BCUT2D eigenvalue weighted by Gasteiger charge is 2.34. The normalized spacial score (nSPS) is 28.4. The fourth-order valence-corrected chi connectivity index (χ4v) is 4.45. The molecule has 2 unspecified atom stereocenters. The smallest absolute Gasteiger partial charge is 0.317 e. The van der Waals surface area contributed by atoms with Crippen molar-refractivity contribution in [1.82, 2.24) is 20.4 Å². The summed E-state index contributed by atoms with van der Waals surface area (Å²) in [6, 6.07) is 0.378. The first-order valence-electron chi connectivity index (χ1n) is 9.66. The van der Waals surface area contributed by atoms with Crippen LogP contribution in [0.4, 0.5) is 4.79 Å². The molecular weight excluding hydrogens is 304 g/mol. The van der Waals surface area contributed by atoms with E-state index >= 15 is 0 Å². The zero-order chi connectivity index (χ0) is 16.9. The molecule has 2 heterocycles. The van der Waals surface area contributed by atoms with Crippen molar-refractivity contribution in [3.05, 3.63) is 0 Å². The molecule has 2 aliphatic heterocycles. The van der Waals surface area contributed by atoms with Crippen molar-refractivity contribution in [3.8, 4) is 0 Å². The van der Waals surface area contributed by atoms with Crippen molar-refractivity contribution >= 4 is 11.9 Å². The van der Waals surface area contributed by atoms with Gasteiger partial charge in [-0.3, -0.25) is 4.79 Å². The summed E-state index contributed by atoms with van der Waals surface area (Å²) in [6.07, 6.45) is 7.57. The van der Waals surface area contributed by atoms with Gasteiger partial charge in [-0.2, -0.15) is 0 Å². The summed E-state index contributed by atoms with van der Waals surface area (Å²) in [5.74, 6) is 0.817. The van der Waals surface area contributed by atoms with Crippen LogP contribution in [0.5, 0.6) is 0 Å². The van der Waals surface area contributed by atoms with E-state index in [4.69, 9.17) is 0 Å². The van der Waals surface area contributed by atoms with E-state index in [9.17, 15) is 9.59 Å². The molecule has 0 aromatic rings. The molecule has 3 amide bonds. The van der Waals surface area contributed by atoms with Gasteiger partial charge in [-0.25, -0.2) is 4.79 Å². The highest BCUT2D eigenvalue weighted by molar-refractivity contribution is 5.81. The molecule has 3 fully saturated rings. The minimum absolute atomic E-state index is 0.0126. The number of nitrogens with one attached hydrogen (secondary N) is 2. The van der Waals surface area contributed by atoms with E-state index in [1.54, 1.807) is 0 Å². The molecule has 136 valence electrons. The van der Waals surface area contributed by atoms with Crippen LogP contribution in [-0.2, 0) is 4.79 Å². The van der Waals surface area contributed by atoms with E-state index in [-0.39, 0.29) is 17.9 Å². The van der Waals surface area contributed by atoms with E-state index in [0.29, 0.717) is 18.5 Å². The first-order chi connectivity index (χ1) is 11.7. The Balaban J connectivity index is 1.49. The topological polar surface area (TPSA) is 64.7 Å². The second-order valence-electron chi connectivity index (χ2n) is 7.71. The fourth-order valence-electron chi connectivity index (χ4n) is 4.45. The lowest BCUT2D eigenvalue weighted by molar-refractivity contribution is -0.135. The fraction of sp³-hybridized carbons (Fsp3) is 0.889. The summed E-state index contributed by atoms with van der Waals surface area (Å²) in [7, 11) is 1.96. The number of likely N-dealkylation sites (tertiary alicyclic amines) is 2. The Labute approximate surface area is 145 Å². The van der Waals surface area contributed by atoms with E-state index in [0.717, 1.165) is 58.3 Å². The summed E-state index contributed by atoms with van der Waals surface area (Å²) in [4.78, 5) is 29.2. The van der Waals surface area contributed by atoms with Crippen LogP contribution in [0.15, 0.2) is 0 Å². The first kappa shape index (κ1) is 17.5. The molecule has 6 nitrogen and oxygen atoms in total. The predicted octanol–water partition coefficient (Wildman–Crippen LogP) is 1.42. The van der Waals surface area contributed by atoms with E-state index < -0.39 is 0 Å². The van der Waals surface area contributed by atoms with Gasteiger partial charge in [-0.15, -0.1) is 0 Å². The predicted molar refractivity (Wildman–Crippen MR) is 93.7 cm³/mol. The monoisotopic (exact) mass is 336 g/mol. The van der Waals surface area contributed by atoms with E-state index in [1.165, 1.54) is 12.8 Å². The molecule has 1 aliphatic carbocycles. The number of rotatable bonds is 4. The second-order valence-corrected chi connectivity index (χ2v) is 7.71. The molecule has 0 aromatic heterocycles. The molecule has 2 atom stereocenters. The lowest BCUT2D eigenvalue weighted by Crippen LogP contribution is -2.51. The SMILES string of the molecule is CNCC1CCN(C(=O)C2CCCN(C(=O)NC3CCCC3)C2)C1. The van der Waals surface area contributed by atoms with Crippen molar-refractivity contribution in [2.45, 2.75) is 51.0 Å². The Hall–Kier alpha value is -1.30. The summed E-state index contributed by atoms with van der Waals surface area (Å²) in [6.45, 7) is 4.08. The Morgan fingerprint density at radius 3 is 2.50 bits per heavy atom. The van der Waals surface area contributed by atoms with Gasteiger partial charge in [0, 0.05) is 32.2 Å². The summed E-state index contributed by atoms with van der Waals surface area (Å²) in [5, 5.41) is 6.36. The van der Waals surface area contributed by atoms with Crippen LogP contribution in [-0.4, -0.2) is 67.6 Å². The van der Waals surface area contributed by atoms with Crippen LogP contribution in [0.1, 0.15) is 44.9 Å². The van der Waals surface area contributed by atoms with Gasteiger partial charge < -0.3 is 20.4 Å². The number of nitrogens with zero attached hydrogens (tertiary/aromatic N) is 2. The van der Waals surface area contributed by atoms with Crippen molar-refractivity contribution in [1.29, 1.82) is 0 Å². The lowest BCUT2D eigenvalue weighted by Gasteiger charge is -2.34. The second kappa shape index (κ2) is 8.19. The number of amides is 3. The summed E-state index contributed by atoms with van der Waals surface area (Å²) in [5.41, 5.74) is 0. The minimum Gasteiger partial charge on any atom is -0.342 e. The van der Waals surface area contributed by atoms with Gasteiger partial charge in [0.1, 0.15) is 0 Å². The van der Waals surface area contributed by atoms with Gasteiger partial charge in [0.25, 0.3) is 0 Å². The van der Waals surface area contributed by atoms with Crippen LogP contribution < -0.4 is 10.6 Å². The van der Waals surface area contributed by atoms with E-state index in [2.05, 4.69) is 10.6 Å².